The summed E-state index contributed by atoms with van der Waals surface area (Å²) < 4.78 is 5.51. The standard InChI is InChI=1S/C27H41N5O4/c1-6-12-28-26(34)31-14-9-13-30(15-16-31)18-22-23(25(33)36-8-3)24(29-27(35)32(22)7-2)21-17-19(4)10-11-20(21)5/h10-11,17,24H,6-9,12-16,18H2,1-5H3,(H,28,34)(H,29,35)/t24-/m0/s1. The van der Waals surface area contributed by atoms with E-state index >= 15 is 0 Å². The Morgan fingerprint density at radius 2 is 1.89 bits per heavy atom. The maximum atomic E-state index is 13.4. The van der Waals surface area contributed by atoms with Gasteiger partial charge in [-0.1, -0.05) is 30.7 Å². The van der Waals surface area contributed by atoms with Gasteiger partial charge in [-0.25, -0.2) is 14.4 Å². The van der Waals surface area contributed by atoms with Gasteiger partial charge in [0.25, 0.3) is 0 Å². The lowest BCUT2D eigenvalue weighted by Crippen LogP contribution is -2.51. The van der Waals surface area contributed by atoms with Gasteiger partial charge >= 0.3 is 18.0 Å². The van der Waals surface area contributed by atoms with E-state index in [1.807, 2.05) is 50.8 Å². The minimum absolute atomic E-state index is 0.0349. The second-order valence-corrected chi connectivity index (χ2v) is 9.42. The number of urea groups is 2. The molecule has 198 valence electrons. The molecule has 2 N–H and O–H groups in total. The normalized spacial score (nSPS) is 19.1. The van der Waals surface area contributed by atoms with Gasteiger partial charge in [0, 0.05) is 51.5 Å². The zero-order valence-electron chi connectivity index (χ0n) is 22.4. The number of rotatable bonds is 8. The van der Waals surface area contributed by atoms with Gasteiger partial charge in [-0.15, -0.1) is 0 Å². The smallest absolute Gasteiger partial charge is 0.338 e. The predicted molar refractivity (Wildman–Crippen MR) is 140 cm³/mol. The van der Waals surface area contributed by atoms with E-state index in [4.69, 9.17) is 4.74 Å². The first-order chi connectivity index (χ1) is 17.3. The van der Waals surface area contributed by atoms with E-state index in [2.05, 4.69) is 15.5 Å². The quantitative estimate of drug-likeness (QED) is 0.535. The first-order valence-electron chi connectivity index (χ1n) is 13.1. The van der Waals surface area contributed by atoms with Gasteiger partial charge < -0.3 is 20.3 Å². The fraction of sp³-hybridized carbons (Fsp3) is 0.593. The van der Waals surface area contributed by atoms with Crippen LogP contribution >= 0.6 is 0 Å². The molecule has 4 amide bonds. The monoisotopic (exact) mass is 499 g/mol. The lowest BCUT2D eigenvalue weighted by Gasteiger charge is -2.38. The topological polar surface area (TPSA) is 94.2 Å². The zero-order chi connectivity index (χ0) is 26.2. The van der Waals surface area contributed by atoms with Crippen LogP contribution in [0.2, 0.25) is 0 Å². The van der Waals surface area contributed by atoms with Crippen LogP contribution in [0.1, 0.15) is 56.3 Å². The lowest BCUT2D eigenvalue weighted by molar-refractivity contribution is -0.139. The van der Waals surface area contributed by atoms with Gasteiger partial charge in [0.15, 0.2) is 0 Å². The molecule has 2 heterocycles. The minimum Gasteiger partial charge on any atom is -0.463 e. The molecule has 0 unspecified atom stereocenters. The van der Waals surface area contributed by atoms with Crippen molar-refractivity contribution in [1.82, 2.24) is 25.3 Å². The average molecular weight is 500 g/mol. The van der Waals surface area contributed by atoms with Crippen molar-refractivity contribution in [2.75, 3.05) is 52.4 Å². The highest BCUT2D eigenvalue weighted by atomic mass is 16.5. The van der Waals surface area contributed by atoms with Crippen molar-refractivity contribution >= 4 is 18.0 Å². The molecule has 2 aliphatic rings. The number of likely N-dealkylation sites (N-methyl/N-ethyl adjacent to an activating group) is 1. The number of amides is 4. The third-order valence-corrected chi connectivity index (χ3v) is 6.77. The number of ether oxygens (including phenoxy) is 1. The van der Waals surface area contributed by atoms with Gasteiger partial charge in [0.05, 0.1) is 18.2 Å². The van der Waals surface area contributed by atoms with E-state index in [1.165, 1.54) is 0 Å². The summed E-state index contributed by atoms with van der Waals surface area (Å²) in [7, 11) is 0. The fourth-order valence-electron chi connectivity index (χ4n) is 4.85. The van der Waals surface area contributed by atoms with Gasteiger partial charge in [0.2, 0.25) is 0 Å². The number of carbonyl (C=O) groups excluding carboxylic acids is 3. The Morgan fingerprint density at radius 3 is 2.58 bits per heavy atom. The second kappa shape index (κ2) is 12.8. The Balaban J connectivity index is 1.96. The van der Waals surface area contributed by atoms with E-state index in [1.54, 1.807) is 11.8 Å². The Kier molecular flexibility index (Phi) is 9.75. The average Bonchev–Trinajstić information content (AvgIpc) is 3.09. The third-order valence-electron chi connectivity index (χ3n) is 6.77. The Morgan fingerprint density at radius 1 is 1.11 bits per heavy atom. The number of nitrogens with one attached hydrogen (secondary N) is 2. The highest BCUT2D eigenvalue weighted by Crippen LogP contribution is 2.34. The van der Waals surface area contributed by atoms with Crippen molar-refractivity contribution in [3.8, 4) is 0 Å². The summed E-state index contributed by atoms with van der Waals surface area (Å²) in [5, 5.41) is 6.02. The molecule has 36 heavy (non-hydrogen) atoms. The zero-order valence-corrected chi connectivity index (χ0v) is 22.4. The SMILES string of the molecule is CCCNC(=O)N1CCCN(CC2=C(C(=O)OCC)[C@H](c3cc(C)ccc3C)NC(=O)N2CC)CC1. The summed E-state index contributed by atoms with van der Waals surface area (Å²) in [6.45, 7) is 14.2. The molecule has 0 spiro atoms. The molecule has 1 aromatic carbocycles. The van der Waals surface area contributed by atoms with Crippen LogP contribution in [-0.2, 0) is 9.53 Å². The van der Waals surface area contributed by atoms with E-state index in [9.17, 15) is 14.4 Å². The van der Waals surface area contributed by atoms with E-state index < -0.39 is 12.0 Å². The maximum Gasteiger partial charge on any atom is 0.338 e. The van der Waals surface area contributed by atoms with Crippen LogP contribution in [0.5, 0.6) is 0 Å². The molecule has 1 saturated heterocycles. The minimum atomic E-state index is -0.586. The summed E-state index contributed by atoms with van der Waals surface area (Å²) in [4.78, 5) is 44.8. The van der Waals surface area contributed by atoms with Crippen molar-refractivity contribution in [3.05, 3.63) is 46.2 Å². The van der Waals surface area contributed by atoms with Crippen LogP contribution in [0, 0.1) is 13.8 Å². The molecule has 9 nitrogen and oxygen atoms in total. The molecule has 0 aromatic heterocycles. The van der Waals surface area contributed by atoms with Crippen molar-refractivity contribution < 1.29 is 19.1 Å². The number of esters is 1. The second-order valence-electron chi connectivity index (χ2n) is 9.42. The Labute approximate surface area is 214 Å². The molecule has 1 aromatic rings. The molecular formula is C27H41N5O4. The van der Waals surface area contributed by atoms with Crippen LogP contribution in [0.4, 0.5) is 9.59 Å². The molecule has 0 bridgehead atoms. The first-order valence-corrected chi connectivity index (χ1v) is 13.1. The summed E-state index contributed by atoms with van der Waals surface area (Å²) >= 11 is 0. The molecule has 0 radical (unpaired) electrons. The number of hydrogen-bond acceptors (Lipinski definition) is 5. The molecule has 3 rings (SSSR count). The van der Waals surface area contributed by atoms with Crippen LogP contribution in [0.25, 0.3) is 0 Å². The first kappa shape index (κ1) is 27.5. The fourth-order valence-corrected chi connectivity index (χ4v) is 4.85. The van der Waals surface area contributed by atoms with E-state index in [-0.39, 0.29) is 18.7 Å². The molecule has 2 aliphatic heterocycles. The predicted octanol–water partition coefficient (Wildman–Crippen LogP) is 3.33. The lowest BCUT2D eigenvalue weighted by atomic mass is 9.90. The summed E-state index contributed by atoms with van der Waals surface area (Å²) in [6, 6.07) is 5.22. The molecule has 1 fully saturated rings. The number of carbonyl (C=O) groups is 3. The summed E-state index contributed by atoms with van der Waals surface area (Å²) in [6.07, 6.45) is 1.72. The van der Waals surface area contributed by atoms with Crippen molar-refractivity contribution in [2.24, 2.45) is 0 Å². The molecular weight excluding hydrogens is 458 g/mol. The highest BCUT2D eigenvalue weighted by Gasteiger charge is 2.39. The highest BCUT2D eigenvalue weighted by molar-refractivity contribution is 5.95. The molecule has 0 saturated carbocycles. The van der Waals surface area contributed by atoms with Gasteiger partial charge in [-0.2, -0.15) is 0 Å². The maximum absolute atomic E-state index is 13.4. The van der Waals surface area contributed by atoms with Crippen molar-refractivity contribution in [1.29, 1.82) is 0 Å². The van der Waals surface area contributed by atoms with Crippen LogP contribution in [0.3, 0.4) is 0 Å². The molecule has 1 atom stereocenters. The number of hydrogen-bond donors (Lipinski definition) is 2. The van der Waals surface area contributed by atoms with E-state index in [0.717, 1.165) is 36.1 Å². The van der Waals surface area contributed by atoms with Crippen LogP contribution in [-0.4, -0.2) is 85.2 Å². The summed E-state index contributed by atoms with van der Waals surface area (Å²) in [5.41, 5.74) is 4.11. The van der Waals surface area contributed by atoms with Crippen molar-refractivity contribution in [2.45, 2.75) is 53.5 Å². The van der Waals surface area contributed by atoms with Gasteiger partial charge in [-0.05, 0) is 51.7 Å². The molecule has 9 heteroatoms. The molecule has 0 aliphatic carbocycles. The number of aryl methyl sites for hydroxylation is 2. The largest absolute Gasteiger partial charge is 0.463 e. The summed E-state index contributed by atoms with van der Waals surface area (Å²) in [5.74, 6) is -0.410. The Bertz CT molecular complexity index is 992. The van der Waals surface area contributed by atoms with Crippen LogP contribution in [0.15, 0.2) is 29.5 Å². The van der Waals surface area contributed by atoms with Crippen molar-refractivity contribution in [3.63, 3.8) is 0 Å². The van der Waals surface area contributed by atoms with E-state index in [0.29, 0.717) is 50.5 Å². The number of nitrogens with zero attached hydrogens (tertiary/aromatic N) is 3. The Hall–Kier alpha value is -3.07. The van der Waals surface area contributed by atoms with Crippen LogP contribution < -0.4 is 10.6 Å². The third kappa shape index (κ3) is 6.37. The van der Waals surface area contributed by atoms with Gasteiger partial charge in [0.1, 0.15) is 0 Å². The van der Waals surface area contributed by atoms with Gasteiger partial charge in [-0.3, -0.25) is 9.80 Å². The number of benzene rings is 1.